The van der Waals surface area contributed by atoms with E-state index in [1.165, 1.54) is 25.1 Å². The number of carbonyl (C=O) groups excluding carboxylic acids is 1. The number of hydrogen-bond donors (Lipinski definition) is 1. The Morgan fingerprint density at radius 1 is 1.26 bits per heavy atom. The maximum Gasteiger partial charge on any atom is 0.271 e. The SMILES string of the molecule is C[C@H](Oc1ccc([N+](=O)[O-])cc1Cl)C(=O)Nc1cccc(Cl)c1. The summed E-state index contributed by atoms with van der Waals surface area (Å²) in [4.78, 5) is 22.2. The average molecular weight is 355 g/mol. The summed E-state index contributed by atoms with van der Waals surface area (Å²) in [6.45, 7) is 1.54. The smallest absolute Gasteiger partial charge is 0.271 e. The number of benzene rings is 2. The third-order valence-corrected chi connectivity index (χ3v) is 3.42. The Bertz CT molecular complexity index is 752. The van der Waals surface area contributed by atoms with Crippen LogP contribution in [0.3, 0.4) is 0 Å². The van der Waals surface area contributed by atoms with E-state index in [0.717, 1.165) is 0 Å². The van der Waals surface area contributed by atoms with Gasteiger partial charge in [-0.2, -0.15) is 0 Å². The van der Waals surface area contributed by atoms with E-state index in [0.29, 0.717) is 10.7 Å². The lowest BCUT2D eigenvalue weighted by molar-refractivity contribution is -0.384. The zero-order valence-electron chi connectivity index (χ0n) is 12.0. The summed E-state index contributed by atoms with van der Waals surface area (Å²) in [5.74, 6) is -0.215. The first kappa shape index (κ1) is 17.1. The van der Waals surface area contributed by atoms with Crippen molar-refractivity contribution in [2.45, 2.75) is 13.0 Å². The fourth-order valence-corrected chi connectivity index (χ4v) is 2.16. The number of ether oxygens (including phenoxy) is 1. The van der Waals surface area contributed by atoms with E-state index in [1.54, 1.807) is 24.3 Å². The molecular weight excluding hydrogens is 343 g/mol. The van der Waals surface area contributed by atoms with Gasteiger partial charge in [-0.3, -0.25) is 14.9 Å². The zero-order chi connectivity index (χ0) is 17.0. The van der Waals surface area contributed by atoms with Crippen LogP contribution in [0.25, 0.3) is 0 Å². The van der Waals surface area contributed by atoms with Crippen LogP contribution in [0.4, 0.5) is 11.4 Å². The minimum atomic E-state index is -0.854. The molecule has 0 fully saturated rings. The van der Waals surface area contributed by atoms with Crippen molar-refractivity contribution in [2.75, 3.05) is 5.32 Å². The van der Waals surface area contributed by atoms with Gasteiger partial charge in [0, 0.05) is 22.8 Å². The number of non-ortho nitro benzene ring substituents is 1. The molecule has 23 heavy (non-hydrogen) atoms. The van der Waals surface area contributed by atoms with Crippen LogP contribution < -0.4 is 10.1 Å². The molecular formula is C15H12Cl2N2O4. The second-order valence-electron chi connectivity index (χ2n) is 4.63. The maximum absolute atomic E-state index is 12.1. The second-order valence-corrected chi connectivity index (χ2v) is 5.48. The summed E-state index contributed by atoms with van der Waals surface area (Å²) >= 11 is 11.8. The van der Waals surface area contributed by atoms with E-state index in [-0.39, 0.29) is 16.5 Å². The number of nitro benzene ring substituents is 1. The van der Waals surface area contributed by atoms with Gasteiger partial charge in [-0.1, -0.05) is 29.3 Å². The molecule has 1 N–H and O–H groups in total. The Labute approximate surface area is 142 Å². The molecule has 2 rings (SSSR count). The molecule has 0 heterocycles. The number of nitrogens with one attached hydrogen (secondary N) is 1. The Hall–Kier alpha value is -2.31. The Morgan fingerprint density at radius 3 is 2.61 bits per heavy atom. The number of anilines is 1. The topological polar surface area (TPSA) is 81.5 Å². The molecule has 1 atom stereocenters. The van der Waals surface area contributed by atoms with E-state index in [1.807, 2.05) is 0 Å². The predicted octanol–water partition coefficient (Wildman–Crippen LogP) is 4.31. The van der Waals surface area contributed by atoms with Gasteiger partial charge in [0.15, 0.2) is 6.10 Å². The van der Waals surface area contributed by atoms with Crippen LogP contribution in [-0.4, -0.2) is 16.9 Å². The molecule has 0 aliphatic carbocycles. The van der Waals surface area contributed by atoms with Gasteiger partial charge in [0.2, 0.25) is 0 Å². The van der Waals surface area contributed by atoms with Crippen LogP contribution in [-0.2, 0) is 4.79 Å². The second kappa shape index (κ2) is 7.30. The molecule has 6 nitrogen and oxygen atoms in total. The van der Waals surface area contributed by atoms with Crippen LogP contribution in [0.1, 0.15) is 6.92 Å². The first-order valence-electron chi connectivity index (χ1n) is 6.54. The largest absolute Gasteiger partial charge is 0.479 e. The van der Waals surface area contributed by atoms with Crippen molar-refractivity contribution < 1.29 is 14.5 Å². The third-order valence-electron chi connectivity index (χ3n) is 2.89. The standard InChI is InChI=1S/C15H12Cl2N2O4/c1-9(15(20)18-11-4-2-3-10(16)7-11)23-14-6-5-12(19(21)22)8-13(14)17/h2-9H,1H3,(H,18,20)/t9-/m0/s1. The number of halogens is 2. The third kappa shape index (κ3) is 4.58. The molecule has 0 aliphatic heterocycles. The first-order chi connectivity index (χ1) is 10.9. The summed E-state index contributed by atoms with van der Waals surface area (Å²) in [5.41, 5.74) is 0.381. The number of rotatable bonds is 5. The molecule has 0 unspecified atom stereocenters. The summed E-state index contributed by atoms with van der Waals surface area (Å²) in [7, 11) is 0. The van der Waals surface area contributed by atoms with Crippen molar-refractivity contribution in [1.29, 1.82) is 0 Å². The van der Waals surface area contributed by atoms with Gasteiger partial charge in [0.1, 0.15) is 5.75 Å². The van der Waals surface area contributed by atoms with Gasteiger partial charge in [-0.05, 0) is 31.2 Å². The Kier molecular flexibility index (Phi) is 5.41. The maximum atomic E-state index is 12.1. The lowest BCUT2D eigenvalue weighted by Gasteiger charge is -2.15. The van der Waals surface area contributed by atoms with Crippen LogP contribution >= 0.6 is 23.2 Å². The highest BCUT2D eigenvalue weighted by molar-refractivity contribution is 6.32. The van der Waals surface area contributed by atoms with Crippen molar-refractivity contribution in [2.24, 2.45) is 0 Å². The number of nitrogens with zero attached hydrogens (tertiary/aromatic N) is 1. The van der Waals surface area contributed by atoms with Crippen molar-refractivity contribution in [3.63, 3.8) is 0 Å². The molecule has 0 bridgehead atoms. The number of amides is 1. The molecule has 0 saturated carbocycles. The van der Waals surface area contributed by atoms with E-state index in [9.17, 15) is 14.9 Å². The van der Waals surface area contributed by atoms with Gasteiger partial charge >= 0.3 is 0 Å². The van der Waals surface area contributed by atoms with E-state index in [2.05, 4.69) is 5.32 Å². The van der Waals surface area contributed by atoms with Gasteiger partial charge in [-0.25, -0.2) is 0 Å². The lowest BCUT2D eigenvalue weighted by Crippen LogP contribution is -2.30. The number of carbonyl (C=O) groups is 1. The summed E-state index contributed by atoms with van der Waals surface area (Å²) in [6.07, 6.45) is -0.854. The fourth-order valence-electron chi connectivity index (χ4n) is 1.75. The summed E-state index contributed by atoms with van der Waals surface area (Å²) in [6, 6.07) is 10.5. The summed E-state index contributed by atoms with van der Waals surface area (Å²) in [5, 5.41) is 13.9. The molecule has 0 aromatic heterocycles. The number of hydrogen-bond acceptors (Lipinski definition) is 4. The summed E-state index contributed by atoms with van der Waals surface area (Å²) < 4.78 is 5.44. The first-order valence-corrected chi connectivity index (χ1v) is 7.29. The van der Waals surface area contributed by atoms with Gasteiger partial charge in [0.05, 0.1) is 9.95 Å². The predicted molar refractivity (Wildman–Crippen MR) is 88.3 cm³/mol. The Balaban J connectivity index is 2.05. The van der Waals surface area contributed by atoms with E-state index >= 15 is 0 Å². The molecule has 2 aromatic rings. The van der Waals surface area contributed by atoms with Gasteiger partial charge in [-0.15, -0.1) is 0 Å². The molecule has 0 aliphatic rings. The van der Waals surface area contributed by atoms with E-state index in [4.69, 9.17) is 27.9 Å². The van der Waals surface area contributed by atoms with Crippen LogP contribution in [0.2, 0.25) is 10.0 Å². The van der Waals surface area contributed by atoms with Crippen LogP contribution in [0, 0.1) is 10.1 Å². The molecule has 120 valence electrons. The normalized spacial score (nSPS) is 11.6. The van der Waals surface area contributed by atoms with Crippen LogP contribution in [0.5, 0.6) is 5.75 Å². The highest BCUT2D eigenvalue weighted by Gasteiger charge is 2.18. The molecule has 0 saturated heterocycles. The van der Waals surface area contributed by atoms with Gasteiger partial charge < -0.3 is 10.1 Å². The van der Waals surface area contributed by atoms with Crippen molar-refractivity contribution in [3.8, 4) is 5.75 Å². The van der Waals surface area contributed by atoms with Crippen LogP contribution in [0.15, 0.2) is 42.5 Å². The fraction of sp³-hybridized carbons (Fsp3) is 0.133. The highest BCUT2D eigenvalue weighted by atomic mass is 35.5. The van der Waals surface area contributed by atoms with Crippen molar-refractivity contribution in [1.82, 2.24) is 0 Å². The minimum absolute atomic E-state index is 0.0570. The van der Waals surface area contributed by atoms with Crippen molar-refractivity contribution >= 4 is 40.5 Å². The molecule has 0 spiro atoms. The lowest BCUT2D eigenvalue weighted by atomic mass is 10.3. The zero-order valence-corrected chi connectivity index (χ0v) is 13.5. The Morgan fingerprint density at radius 2 is 2.00 bits per heavy atom. The van der Waals surface area contributed by atoms with Gasteiger partial charge in [0.25, 0.3) is 11.6 Å². The molecule has 1 amide bonds. The molecule has 2 aromatic carbocycles. The highest BCUT2D eigenvalue weighted by Crippen LogP contribution is 2.29. The minimum Gasteiger partial charge on any atom is -0.479 e. The molecule has 8 heteroatoms. The van der Waals surface area contributed by atoms with Crippen molar-refractivity contribution in [3.05, 3.63) is 62.6 Å². The van der Waals surface area contributed by atoms with E-state index < -0.39 is 16.9 Å². The quantitative estimate of drug-likeness (QED) is 0.640. The number of nitro groups is 1. The monoisotopic (exact) mass is 354 g/mol. The average Bonchev–Trinajstić information content (AvgIpc) is 2.49. The molecule has 0 radical (unpaired) electrons.